The van der Waals surface area contributed by atoms with Gasteiger partial charge in [-0.1, -0.05) is 20.3 Å². The summed E-state index contributed by atoms with van der Waals surface area (Å²) in [6.07, 6.45) is 2.22. The normalized spacial score (nSPS) is 26.6. The number of nitrogens with two attached hydrogens (primary N) is 1. The SMILES string of the molecule is CCC(C)C(NC(N)=O)C(=O)N1CCCC(C)(O)C1. The molecule has 0 radical (unpaired) electrons. The Morgan fingerprint density at radius 3 is 2.63 bits per heavy atom. The first kappa shape index (κ1) is 15.8. The second-order valence-electron chi connectivity index (χ2n) is 5.73. The molecule has 0 bridgehead atoms. The molecule has 0 aromatic carbocycles. The lowest BCUT2D eigenvalue weighted by Crippen LogP contribution is -2.57. The molecule has 0 aromatic rings. The fourth-order valence-electron chi connectivity index (χ4n) is 2.44. The number of aliphatic hydroxyl groups is 1. The van der Waals surface area contributed by atoms with Crippen molar-refractivity contribution in [2.45, 2.75) is 51.7 Å². The van der Waals surface area contributed by atoms with Crippen LogP contribution in [0.3, 0.4) is 0 Å². The van der Waals surface area contributed by atoms with Crippen LogP contribution in [0.25, 0.3) is 0 Å². The molecule has 19 heavy (non-hydrogen) atoms. The van der Waals surface area contributed by atoms with Gasteiger partial charge in [-0.3, -0.25) is 4.79 Å². The van der Waals surface area contributed by atoms with Gasteiger partial charge in [0, 0.05) is 13.1 Å². The highest BCUT2D eigenvalue weighted by molar-refractivity contribution is 5.87. The van der Waals surface area contributed by atoms with Crippen molar-refractivity contribution < 1.29 is 14.7 Å². The molecule has 0 aliphatic carbocycles. The summed E-state index contributed by atoms with van der Waals surface area (Å²) in [5.74, 6) is -0.153. The van der Waals surface area contributed by atoms with Gasteiger partial charge < -0.3 is 21.1 Å². The number of urea groups is 1. The van der Waals surface area contributed by atoms with Crippen LogP contribution in [0, 0.1) is 5.92 Å². The molecule has 1 aliphatic heterocycles. The first-order valence-electron chi connectivity index (χ1n) is 6.84. The van der Waals surface area contributed by atoms with Crippen molar-refractivity contribution in [3.63, 3.8) is 0 Å². The Bertz CT molecular complexity index is 344. The zero-order valence-electron chi connectivity index (χ0n) is 12.0. The van der Waals surface area contributed by atoms with E-state index in [0.717, 1.165) is 12.8 Å². The predicted molar refractivity (Wildman–Crippen MR) is 72.4 cm³/mol. The Hall–Kier alpha value is -1.30. The summed E-state index contributed by atoms with van der Waals surface area (Å²) < 4.78 is 0. The van der Waals surface area contributed by atoms with Crippen LogP contribution in [-0.2, 0) is 4.79 Å². The third kappa shape index (κ3) is 4.38. The van der Waals surface area contributed by atoms with Crippen molar-refractivity contribution >= 4 is 11.9 Å². The number of amides is 3. The van der Waals surface area contributed by atoms with E-state index >= 15 is 0 Å². The largest absolute Gasteiger partial charge is 0.388 e. The van der Waals surface area contributed by atoms with Crippen LogP contribution < -0.4 is 11.1 Å². The number of carbonyl (C=O) groups excluding carboxylic acids is 2. The Kier molecular flexibility index (Phi) is 5.17. The smallest absolute Gasteiger partial charge is 0.312 e. The van der Waals surface area contributed by atoms with E-state index in [1.54, 1.807) is 11.8 Å². The maximum atomic E-state index is 12.5. The highest BCUT2D eigenvalue weighted by Crippen LogP contribution is 2.22. The zero-order valence-corrected chi connectivity index (χ0v) is 12.0. The first-order valence-corrected chi connectivity index (χ1v) is 6.84. The minimum atomic E-state index is -0.847. The van der Waals surface area contributed by atoms with E-state index in [1.165, 1.54) is 0 Å². The molecule has 1 rings (SSSR count). The van der Waals surface area contributed by atoms with Gasteiger partial charge in [0.25, 0.3) is 0 Å². The molecule has 3 atom stereocenters. The van der Waals surface area contributed by atoms with Gasteiger partial charge in [-0.2, -0.15) is 0 Å². The van der Waals surface area contributed by atoms with Crippen molar-refractivity contribution in [3.8, 4) is 0 Å². The minimum absolute atomic E-state index is 0.00637. The second kappa shape index (κ2) is 6.23. The van der Waals surface area contributed by atoms with E-state index in [-0.39, 0.29) is 11.8 Å². The Labute approximate surface area is 114 Å². The van der Waals surface area contributed by atoms with Gasteiger partial charge in [0.1, 0.15) is 6.04 Å². The molecule has 110 valence electrons. The lowest BCUT2D eigenvalue weighted by molar-refractivity contribution is -0.140. The number of hydrogen-bond donors (Lipinski definition) is 3. The number of β-amino-alcohol motifs (C(OH)–C–C–N with tert-alkyl or cyclic N) is 1. The quantitative estimate of drug-likeness (QED) is 0.692. The number of carbonyl (C=O) groups is 2. The third-order valence-corrected chi connectivity index (χ3v) is 3.76. The highest BCUT2D eigenvalue weighted by Gasteiger charge is 2.35. The van der Waals surface area contributed by atoms with Crippen molar-refractivity contribution in [3.05, 3.63) is 0 Å². The van der Waals surface area contributed by atoms with Crippen LogP contribution in [0.1, 0.15) is 40.0 Å². The van der Waals surface area contributed by atoms with Gasteiger partial charge in [0.15, 0.2) is 0 Å². The van der Waals surface area contributed by atoms with Gasteiger partial charge in [0.05, 0.1) is 5.60 Å². The molecule has 6 heteroatoms. The van der Waals surface area contributed by atoms with Crippen molar-refractivity contribution in [1.82, 2.24) is 10.2 Å². The number of piperidine rings is 1. The van der Waals surface area contributed by atoms with Gasteiger partial charge in [-0.05, 0) is 25.7 Å². The van der Waals surface area contributed by atoms with Gasteiger partial charge in [-0.25, -0.2) is 4.79 Å². The molecular weight excluding hydrogens is 246 g/mol. The molecule has 1 aliphatic rings. The van der Waals surface area contributed by atoms with Crippen LogP contribution >= 0.6 is 0 Å². The number of primary amides is 1. The first-order chi connectivity index (χ1) is 8.76. The monoisotopic (exact) mass is 271 g/mol. The van der Waals surface area contributed by atoms with E-state index in [9.17, 15) is 14.7 Å². The molecule has 3 amide bonds. The maximum Gasteiger partial charge on any atom is 0.312 e. The molecule has 1 heterocycles. The molecule has 3 unspecified atom stereocenters. The van der Waals surface area contributed by atoms with Crippen LogP contribution in [0.15, 0.2) is 0 Å². The number of nitrogens with zero attached hydrogens (tertiary/aromatic N) is 1. The number of rotatable bonds is 4. The average molecular weight is 271 g/mol. The minimum Gasteiger partial charge on any atom is -0.388 e. The summed E-state index contributed by atoms with van der Waals surface area (Å²) >= 11 is 0. The van der Waals surface area contributed by atoms with E-state index < -0.39 is 17.7 Å². The van der Waals surface area contributed by atoms with E-state index in [2.05, 4.69) is 5.32 Å². The summed E-state index contributed by atoms with van der Waals surface area (Å²) in [4.78, 5) is 25.1. The summed E-state index contributed by atoms with van der Waals surface area (Å²) in [6.45, 7) is 6.51. The Morgan fingerprint density at radius 1 is 1.53 bits per heavy atom. The summed E-state index contributed by atoms with van der Waals surface area (Å²) in [5.41, 5.74) is 4.29. The predicted octanol–water partition coefficient (Wildman–Crippen LogP) is 0.443. The van der Waals surface area contributed by atoms with Crippen LogP contribution in [0.4, 0.5) is 4.79 Å². The average Bonchev–Trinajstić information content (AvgIpc) is 2.32. The van der Waals surface area contributed by atoms with Crippen LogP contribution in [0.2, 0.25) is 0 Å². The summed E-state index contributed by atoms with van der Waals surface area (Å²) in [5, 5.41) is 12.6. The number of hydrogen-bond acceptors (Lipinski definition) is 3. The molecule has 1 fully saturated rings. The standard InChI is InChI=1S/C13H25N3O3/c1-4-9(2)10(15-12(14)18)11(17)16-7-5-6-13(3,19)8-16/h9-10,19H,4-8H2,1-3H3,(H3,14,15,18). The molecule has 0 saturated carbocycles. The number of nitrogens with one attached hydrogen (secondary N) is 1. The Morgan fingerprint density at radius 2 is 2.16 bits per heavy atom. The van der Waals surface area contributed by atoms with Crippen LogP contribution in [-0.4, -0.2) is 46.7 Å². The maximum absolute atomic E-state index is 12.5. The Balaban J connectivity index is 2.78. The molecule has 4 N–H and O–H groups in total. The van der Waals surface area contributed by atoms with Gasteiger partial charge >= 0.3 is 6.03 Å². The molecule has 0 aromatic heterocycles. The van der Waals surface area contributed by atoms with Crippen LogP contribution in [0.5, 0.6) is 0 Å². The second-order valence-corrected chi connectivity index (χ2v) is 5.73. The molecule has 1 saturated heterocycles. The van der Waals surface area contributed by atoms with Crippen molar-refractivity contribution in [2.24, 2.45) is 11.7 Å². The molecule has 6 nitrogen and oxygen atoms in total. The van der Waals surface area contributed by atoms with E-state index in [1.807, 2.05) is 13.8 Å². The lowest BCUT2D eigenvalue weighted by atomic mass is 9.92. The van der Waals surface area contributed by atoms with Crippen molar-refractivity contribution in [2.75, 3.05) is 13.1 Å². The van der Waals surface area contributed by atoms with Gasteiger partial charge in [-0.15, -0.1) is 0 Å². The van der Waals surface area contributed by atoms with Crippen molar-refractivity contribution in [1.29, 1.82) is 0 Å². The topological polar surface area (TPSA) is 95.7 Å². The third-order valence-electron chi connectivity index (χ3n) is 3.76. The fourth-order valence-corrected chi connectivity index (χ4v) is 2.44. The molecular formula is C13H25N3O3. The molecule has 0 spiro atoms. The van der Waals surface area contributed by atoms with E-state index in [4.69, 9.17) is 5.73 Å². The lowest BCUT2D eigenvalue weighted by Gasteiger charge is -2.39. The summed E-state index contributed by atoms with van der Waals surface area (Å²) in [6, 6.07) is -1.31. The zero-order chi connectivity index (χ0) is 14.6. The van der Waals surface area contributed by atoms with Gasteiger partial charge in [0.2, 0.25) is 5.91 Å². The van der Waals surface area contributed by atoms with E-state index in [0.29, 0.717) is 19.5 Å². The fraction of sp³-hybridized carbons (Fsp3) is 0.846. The number of likely N-dealkylation sites (tertiary alicyclic amines) is 1. The summed E-state index contributed by atoms with van der Waals surface area (Å²) in [7, 11) is 0. The highest BCUT2D eigenvalue weighted by atomic mass is 16.3.